The van der Waals surface area contributed by atoms with Gasteiger partial charge in [0.2, 0.25) is 0 Å². The van der Waals surface area contributed by atoms with Gasteiger partial charge in [-0.3, -0.25) is 0 Å². The minimum absolute atomic E-state index is 0.580. The zero-order valence-electron chi connectivity index (χ0n) is 64.3. The molecular formula is C110H64N8O2. The van der Waals surface area contributed by atoms with E-state index in [9.17, 15) is 0 Å². The minimum atomic E-state index is 0.580. The van der Waals surface area contributed by atoms with E-state index in [0.717, 1.165) is 154 Å². The molecule has 0 spiro atoms. The average Bonchev–Trinajstić information content (AvgIpc) is 1.54. The lowest BCUT2D eigenvalue weighted by molar-refractivity contribution is 0.666. The first-order chi connectivity index (χ1) is 59.4. The molecule has 0 N–H and O–H groups in total. The third-order valence-electron chi connectivity index (χ3n) is 24.3. The van der Waals surface area contributed by atoms with E-state index >= 15 is 0 Å². The van der Waals surface area contributed by atoms with Crippen molar-refractivity contribution in [3.63, 3.8) is 0 Å². The minimum Gasteiger partial charge on any atom is -0.454 e. The molecule has 26 rings (SSSR count). The number of nitrogens with zero attached hydrogens (tertiary/aromatic N) is 8. The fraction of sp³-hybridized carbons (Fsp3) is 0. The maximum atomic E-state index is 7.14. The van der Waals surface area contributed by atoms with Gasteiger partial charge in [-0.05, 0) is 183 Å². The molecular weight excluding hydrogens is 1470 g/mol. The van der Waals surface area contributed by atoms with Crippen molar-refractivity contribution < 1.29 is 8.83 Å². The SMILES string of the molecule is c1ccc(-c2nc(-c3cc4ccccc4c4ccccc34)nc(-c3ccc(-n4c5ccccc5c5cc6ccccc6cc54)c4oc5cc6ccccc6cc5c34)n2)cc1.c1ccc(-c2nc(-c3ccc4ccccc4c3)nc(-c3ccc(-n4c5cc6ccccc6cc5c5c6ccccc6ccc54)c4oc5cc6ccccc6cc5c34)n2)cc1. The van der Waals surface area contributed by atoms with Crippen molar-refractivity contribution in [3.8, 4) is 79.7 Å². The molecule has 0 aliphatic heterocycles. The van der Waals surface area contributed by atoms with Crippen LogP contribution in [0.25, 0.3) is 253 Å². The van der Waals surface area contributed by atoms with Crippen LogP contribution in [0.2, 0.25) is 0 Å². The quantitative estimate of drug-likeness (QED) is 0.138. The van der Waals surface area contributed by atoms with Crippen molar-refractivity contribution in [2.75, 3.05) is 0 Å². The number of rotatable bonds is 8. The molecule has 26 aromatic rings. The molecule has 6 heterocycles. The Labute approximate surface area is 685 Å². The molecule has 20 aromatic carbocycles. The Bertz CT molecular complexity index is 8830. The molecule has 0 saturated carbocycles. The Balaban J connectivity index is 0.000000133. The maximum absolute atomic E-state index is 7.14. The molecule has 10 nitrogen and oxygen atoms in total. The highest BCUT2D eigenvalue weighted by Crippen LogP contribution is 2.49. The third kappa shape index (κ3) is 10.7. The summed E-state index contributed by atoms with van der Waals surface area (Å²) < 4.78 is 19.0. The standard InChI is InChI=1S/2C55H32N4O/c1-2-14-33(15-3-1)53-56-54(58-55(57-53)45-30-38-20-8-9-21-39(38)40-22-10-11-23-41(40)45)43-26-27-48(52-51(43)46-29-35-17-5-7-19-37(35)32-50(46)60-52)59-47-25-13-12-24-42(47)44-28-34-16-4-6-18-36(34)31-49(44)59;1-2-14-35(15-3-1)53-56-54(41-23-22-33-12-4-5-16-36(33)28-41)58-55(57-53)43-25-27-47(52-51(43)45-30-38-18-7-9-20-40(38)32-49(45)60-52)59-46-26-24-34-13-10-11-21-42(34)50(46)44-29-37-17-6-8-19-39(37)31-48(44)59/h2*1-32H. The number of aromatic nitrogens is 8. The summed E-state index contributed by atoms with van der Waals surface area (Å²) in [6.07, 6.45) is 0. The van der Waals surface area contributed by atoms with E-state index in [0.29, 0.717) is 34.9 Å². The molecule has 0 unspecified atom stereocenters. The van der Waals surface area contributed by atoms with E-state index in [1.54, 1.807) is 0 Å². The van der Waals surface area contributed by atoms with Crippen molar-refractivity contribution in [1.29, 1.82) is 0 Å². The van der Waals surface area contributed by atoms with Crippen LogP contribution in [0.3, 0.4) is 0 Å². The predicted molar refractivity (Wildman–Crippen MR) is 496 cm³/mol. The van der Waals surface area contributed by atoms with Gasteiger partial charge in [0.05, 0.1) is 33.4 Å². The summed E-state index contributed by atoms with van der Waals surface area (Å²) in [5.74, 6) is 3.61. The smallest absolute Gasteiger partial charge is 0.164 e. The summed E-state index contributed by atoms with van der Waals surface area (Å²) in [5, 5.41) is 27.3. The Kier molecular flexibility index (Phi) is 14.9. The van der Waals surface area contributed by atoms with Gasteiger partial charge >= 0.3 is 0 Å². The van der Waals surface area contributed by atoms with Crippen molar-refractivity contribution in [1.82, 2.24) is 39.0 Å². The number of para-hydroxylation sites is 1. The fourth-order valence-electron chi connectivity index (χ4n) is 18.7. The molecule has 120 heavy (non-hydrogen) atoms. The molecule has 10 heteroatoms. The van der Waals surface area contributed by atoms with Gasteiger partial charge < -0.3 is 18.0 Å². The van der Waals surface area contributed by atoms with E-state index in [2.05, 4.69) is 361 Å². The number of hydrogen-bond donors (Lipinski definition) is 0. The first kappa shape index (κ1) is 67.1. The number of benzene rings is 20. The molecule has 0 fully saturated rings. The second-order valence-electron chi connectivity index (χ2n) is 31.2. The lowest BCUT2D eigenvalue weighted by atomic mass is 9.96. The lowest BCUT2D eigenvalue weighted by Gasteiger charge is -2.14. The van der Waals surface area contributed by atoms with Crippen LogP contribution in [-0.2, 0) is 0 Å². The zero-order valence-corrected chi connectivity index (χ0v) is 64.3. The van der Waals surface area contributed by atoms with Crippen molar-refractivity contribution in [2.24, 2.45) is 0 Å². The zero-order chi connectivity index (χ0) is 78.6. The molecule has 0 saturated heterocycles. The number of fused-ring (bicyclic) bond motifs is 22. The van der Waals surface area contributed by atoms with Gasteiger partial charge in [0.25, 0.3) is 0 Å². The molecule has 0 amide bonds. The van der Waals surface area contributed by atoms with Gasteiger partial charge in [-0.15, -0.1) is 0 Å². The van der Waals surface area contributed by atoms with Crippen LogP contribution in [0, 0.1) is 0 Å². The van der Waals surface area contributed by atoms with Crippen LogP contribution >= 0.6 is 0 Å². The van der Waals surface area contributed by atoms with Crippen molar-refractivity contribution in [2.45, 2.75) is 0 Å². The maximum Gasteiger partial charge on any atom is 0.164 e. The van der Waals surface area contributed by atoms with Crippen LogP contribution in [0.15, 0.2) is 397 Å². The van der Waals surface area contributed by atoms with E-state index in [4.69, 9.17) is 38.7 Å². The third-order valence-corrected chi connectivity index (χ3v) is 24.3. The van der Waals surface area contributed by atoms with E-state index in [1.165, 1.54) is 64.6 Å². The van der Waals surface area contributed by atoms with Crippen molar-refractivity contribution >= 4 is 174 Å². The van der Waals surface area contributed by atoms with Gasteiger partial charge in [-0.1, -0.05) is 291 Å². The highest BCUT2D eigenvalue weighted by Gasteiger charge is 2.28. The van der Waals surface area contributed by atoms with E-state index < -0.39 is 0 Å². The van der Waals surface area contributed by atoms with Gasteiger partial charge in [-0.25, -0.2) is 29.9 Å². The van der Waals surface area contributed by atoms with Crippen LogP contribution in [0.5, 0.6) is 0 Å². The monoisotopic (exact) mass is 1530 g/mol. The average molecular weight is 1530 g/mol. The summed E-state index contributed by atoms with van der Waals surface area (Å²) in [6, 6.07) is 137. The van der Waals surface area contributed by atoms with Crippen LogP contribution < -0.4 is 0 Å². The van der Waals surface area contributed by atoms with Gasteiger partial charge in [0.1, 0.15) is 11.2 Å². The Hall–Kier alpha value is -16.3. The van der Waals surface area contributed by atoms with Gasteiger partial charge in [0.15, 0.2) is 46.1 Å². The molecule has 0 atom stereocenters. The second kappa shape index (κ2) is 26.6. The topological polar surface area (TPSA) is 113 Å². The Morgan fingerprint density at radius 2 is 0.550 bits per heavy atom. The van der Waals surface area contributed by atoms with Crippen LogP contribution in [0.1, 0.15) is 0 Å². The summed E-state index contributed by atoms with van der Waals surface area (Å²) in [4.78, 5) is 31.6. The number of hydrogen-bond acceptors (Lipinski definition) is 8. The van der Waals surface area contributed by atoms with Crippen LogP contribution in [-0.4, -0.2) is 39.0 Å². The van der Waals surface area contributed by atoms with E-state index in [-0.39, 0.29) is 0 Å². The highest BCUT2D eigenvalue weighted by molar-refractivity contribution is 6.26. The largest absolute Gasteiger partial charge is 0.454 e. The van der Waals surface area contributed by atoms with Crippen molar-refractivity contribution in [3.05, 3.63) is 388 Å². The van der Waals surface area contributed by atoms with Crippen LogP contribution in [0.4, 0.5) is 0 Å². The van der Waals surface area contributed by atoms with Gasteiger partial charge in [0, 0.05) is 76.5 Å². The molecule has 0 aliphatic rings. The first-order valence-electron chi connectivity index (χ1n) is 40.5. The molecule has 6 aromatic heterocycles. The lowest BCUT2D eigenvalue weighted by Crippen LogP contribution is -2.02. The highest BCUT2D eigenvalue weighted by atomic mass is 16.3. The molecule has 0 bridgehead atoms. The molecule has 0 radical (unpaired) electrons. The number of furan rings is 2. The normalized spacial score (nSPS) is 12.0. The predicted octanol–water partition coefficient (Wildman–Crippen LogP) is 29.0. The molecule has 556 valence electrons. The Morgan fingerprint density at radius 1 is 0.175 bits per heavy atom. The Morgan fingerprint density at radius 3 is 1.11 bits per heavy atom. The van der Waals surface area contributed by atoms with Gasteiger partial charge in [-0.2, -0.15) is 0 Å². The molecule has 0 aliphatic carbocycles. The van der Waals surface area contributed by atoms with E-state index in [1.807, 2.05) is 36.4 Å². The fourth-order valence-corrected chi connectivity index (χ4v) is 18.7. The first-order valence-corrected chi connectivity index (χ1v) is 40.5. The summed E-state index contributed by atoms with van der Waals surface area (Å²) >= 11 is 0. The summed E-state index contributed by atoms with van der Waals surface area (Å²) in [6.45, 7) is 0. The summed E-state index contributed by atoms with van der Waals surface area (Å²) in [5.41, 5.74) is 15.0. The second-order valence-corrected chi connectivity index (χ2v) is 31.2. The summed E-state index contributed by atoms with van der Waals surface area (Å²) in [7, 11) is 0.